The molecule has 2 rings (SSSR count). The van der Waals surface area contributed by atoms with Crippen molar-refractivity contribution in [3.05, 3.63) is 53.6 Å². The summed E-state index contributed by atoms with van der Waals surface area (Å²) in [5.41, 5.74) is 1.83. The quantitative estimate of drug-likeness (QED) is 0.683. The van der Waals surface area contributed by atoms with Crippen LogP contribution in [0.25, 0.3) is 0 Å². The highest BCUT2D eigenvalue weighted by molar-refractivity contribution is 5.99. The standard InChI is InChI=1S/C20H22F2N2O4/c1-3-13-7-5-6-8-15(13)24-18(25)12-23-19(26)14-9-10-16(28-20(21)22)17(11-14)27-4-2/h5-11,20H,3-4,12H2,1-2H3,(H,23,26)(H,24,25). The highest BCUT2D eigenvalue weighted by Gasteiger charge is 2.15. The minimum atomic E-state index is -3.01. The first-order valence-corrected chi connectivity index (χ1v) is 8.82. The van der Waals surface area contributed by atoms with Crippen molar-refractivity contribution in [2.24, 2.45) is 0 Å². The molecule has 0 aliphatic rings. The van der Waals surface area contributed by atoms with Gasteiger partial charge in [-0.3, -0.25) is 9.59 Å². The van der Waals surface area contributed by atoms with Gasteiger partial charge in [0.25, 0.3) is 5.91 Å². The molecule has 2 N–H and O–H groups in total. The number of nitrogens with one attached hydrogen (secondary N) is 2. The Labute approximate surface area is 161 Å². The molecule has 0 heterocycles. The lowest BCUT2D eigenvalue weighted by molar-refractivity contribution is -0.115. The van der Waals surface area contributed by atoms with Crippen LogP contribution in [0.4, 0.5) is 14.5 Å². The molecule has 0 saturated carbocycles. The van der Waals surface area contributed by atoms with Gasteiger partial charge in [0.05, 0.1) is 13.2 Å². The maximum atomic E-state index is 12.4. The number of amides is 2. The summed E-state index contributed by atoms with van der Waals surface area (Å²) in [6, 6.07) is 11.2. The van der Waals surface area contributed by atoms with Crippen LogP contribution >= 0.6 is 0 Å². The second-order valence-corrected chi connectivity index (χ2v) is 5.71. The summed E-state index contributed by atoms with van der Waals surface area (Å²) in [7, 11) is 0. The zero-order valence-corrected chi connectivity index (χ0v) is 15.6. The Hall–Kier alpha value is -3.16. The third-order valence-electron chi connectivity index (χ3n) is 3.80. The number of ether oxygens (including phenoxy) is 2. The van der Waals surface area contributed by atoms with Crippen molar-refractivity contribution < 1.29 is 27.8 Å². The lowest BCUT2D eigenvalue weighted by Crippen LogP contribution is -2.33. The Balaban J connectivity index is 2.00. The zero-order chi connectivity index (χ0) is 20.5. The van der Waals surface area contributed by atoms with E-state index in [1.807, 2.05) is 25.1 Å². The average molecular weight is 392 g/mol. The predicted octanol–water partition coefficient (Wildman–Crippen LogP) is 3.62. The number of alkyl halides is 2. The van der Waals surface area contributed by atoms with E-state index in [1.165, 1.54) is 18.2 Å². The molecule has 0 aliphatic heterocycles. The van der Waals surface area contributed by atoms with E-state index < -0.39 is 12.5 Å². The van der Waals surface area contributed by atoms with Gasteiger partial charge in [0, 0.05) is 11.3 Å². The highest BCUT2D eigenvalue weighted by atomic mass is 19.3. The second-order valence-electron chi connectivity index (χ2n) is 5.71. The van der Waals surface area contributed by atoms with E-state index in [2.05, 4.69) is 15.4 Å². The molecule has 8 heteroatoms. The molecule has 0 saturated heterocycles. The number of carbonyl (C=O) groups is 2. The molecule has 150 valence electrons. The van der Waals surface area contributed by atoms with Gasteiger partial charge in [-0.1, -0.05) is 25.1 Å². The van der Waals surface area contributed by atoms with E-state index in [0.717, 1.165) is 12.0 Å². The van der Waals surface area contributed by atoms with E-state index in [9.17, 15) is 18.4 Å². The van der Waals surface area contributed by atoms with E-state index >= 15 is 0 Å². The molecule has 2 aromatic carbocycles. The monoisotopic (exact) mass is 392 g/mol. The van der Waals surface area contributed by atoms with Crippen LogP contribution in [0.1, 0.15) is 29.8 Å². The largest absolute Gasteiger partial charge is 0.490 e. The van der Waals surface area contributed by atoms with E-state index in [4.69, 9.17) is 4.74 Å². The maximum absolute atomic E-state index is 12.4. The number of hydrogen-bond donors (Lipinski definition) is 2. The Morgan fingerprint density at radius 3 is 2.50 bits per heavy atom. The number of benzene rings is 2. The van der Waals surface area contributed by atoms with E-state index in [1.54, 1.807) is 13.0 Å². The third-order valence-corrected chi connectivity index (χ3v) is 3.80. The van der Waals surface area contributed by atoms with Crippen LogP contribution in [0.5, 0.6) is 11.5 Å². The molecule has 28 heavy (non-hydrogen) atoms. The summed E-state index contributed by atoms with van der Waals surface area (Å²) in [5.74, 6) is -1.06. The lowest BCUT2D eigenvalue weighted by atomic mass is 10.1. The Bertz CT molecular complexity index is 828. The summed E-state index contributed by atoms with van der Waals surface area (Å²) in [6.07, 6.45) is 0.760. The van der Waals surface area contributed by atoms with Crippen molar-refractivity contribution in [1.29, 1.82) is 0 Å². The van der Waals surface area contributed by atoms with Crippen molar-refractivity contribution in [2.45, 2.75) is 26.9 Å². The van der Waals surface area contributed by atoms with E-state index in [0.29, 0.717) is 5.69 Å². The van der Waals surface area contributed by atoms with Crippen molar-refractivity contribution in [1.82, 2.24) is 5.32 Å². The summed E-state index contributed by atoms with van der Waals surface area (Å²) >= 11 is 0. The first kappa shape index (κ1) is 21.1. The minimum Gasteiger partial charge on any atom is -0.490 e. The van der Waals surface area contributed by atoms with Gasteiger partial charge in [-0.05, 0) is 43.2 Å². The van der Waals surface area contributed by atoms with Gasteiger partial charge in [0.15, 0.2) is 11.5 Å². The number of aryl methyl sites for hydroxylation is 1. The maximum Gasteiger partial charge on any atom is 0.387 e. The molecule has 0 spiro atoms. The molecular formula is C20H22F2N2O4. The summed E-state index contributed by atoms with van der Waals surface area (Å²) < 4.78 is 34.5. The highest BCUT2D eigenvalue weighted by Crippen LogP contribution is 2.29. The fraction of sp³-hybridized carbons (Fsp3) is 0.300. The number of para-hydroxylation sites is 1. The van der Waals surface area contributed by atoms with Crippen LogP contribution in [0.2, 0.25) is 0 Å². The van der Waals surface area contributed by atoms with Crippen molar-refractivity contribution in [3.8, 4) is 11.5 Å². The van der Waals surface area contributed by atoms with Gasteiger partial charge in [0.2, 0.25) is 5.91 Å². The van der Waals surface area contributed by atoms with Crippen LogP contribution in [0.15, 0.2) is 42.5 Å². The number of halogens is 2. The number of carbonyl (C=O) groups excluding carboxylic acids is 2. The molecule has 0 unspecified atom stereocenters. The average Bonchev–Trinajstić information content (AvgIpc) is 2.67. The third kappa shape index (κ3) is 5.94. The first-order valence-electron chi connectivity index (χ1n) is 8.82. The van der Waals surface area contributed by atoms with Crippen molar-refractivity contribution in [3.63, 3.8) is 0 Å². The lowest BCUT2D eigenvalue weighted by Gasteiger charge is -2.13. The number of hydrogen-bond acceptors (Lipinski definition) is 4. The summed E-state index contributed by atoms with van der Waals surface area (Å²) in [6.45, 7) is 0.621. The van der Waals surface area contributed by atoms with Crippen LogP contribution in [-0.4, -0.2) is 31.6 Å². The molecule has 0 atom stereocenters. The number of rotatable bonds is 9. The van der Waals surface area contributed by atoms with Gasteiger partial charge in [0.1, 0.15) is 0 Å². The molecule has 0 aromatic heterocycles. The topological polar surface area (TPSA) is 76.7 Å². The SMILES string of the molecule is CCOc1cc(C(=O)NCC(=O)Nc2ccccc2CC)ccc1OC(F)F. The Morgan fingerprint density at radius 1 is 1.07 bits per heavy atom. The van der Waals surface area contributed by atoms with Crippen molar-refractivity contribution >= 4 is 17.5 Å². The van der Waals surface area contributed by atoms with Crippen LogP contribution < -0.4 is 20.1 Å². The summed E-state index contributed by atoms with van der Waals surface area (Å²) in [4.78, 5) is 24.4. The van der Waals surface area contributed by atoms with E-state index in [-0.39, 0.29) is 36.1 Å². The van der Waals surface area contributed by atoms with Gasteiger partial charge < -0.3 is 20.1 Å². The first-order chi connectivity index (χ1) is 13.4. The zero-order valence-electron chi connectivity index (χ0n) is 15.6. The predicted molar refractivity (Wildman–Crippen MR) is 101 cm³/mol. The van der Waals surface area contributed by atoms with Crippen LogP contribution in [0.3, 0.4) is 0 Å². The van der Waals surface area contributed by atoms with Gasteiger partial charge >= 0.3 is 6.61 Å². The fourth-order valence-electron chi connectivity index (χ4n) is 2.52. The Morgan fingerprint density at radius 2 is 1.82 bits per heavy atom. The second kappa shape index (κ2) is 10.2. The molecule has 0 bridgehead atoms. The molecule has 2 aromatic rings. The molecule has 0 fully saturated rings. The molecule has 6 nitrogen and oxygen atoms in total. The summed E-state index contributed by atoms with van der Waals surface area (Å²) in [5, 5.41) is 5.24. The fourth-order valence-corrected chi connectivity index (χ4v) is 2.52. The molecule has 2 amide bonds. The minimum absolute atomic E-state index is 0.0248. The van der Waals surface area contributed by atoms with Crippen LogP contribution in [0, 0.1) is 0 Å². The normalized spacial score (nSPS) is 10.5. The smallest absolute Gasteiger partial charge is 0.387 e. The van der Waals surface area contributed by atoms with Gasteiger partial charge in [-0.15, -0.1) is 0 Å². The van der Waals surface area contributed by atoms with Crippen LogP contribution in [-0.2, 0) is 11.2 Å². The van der Waals surface area contributed by atoms with Gasteiger partial charge in [-0.2, -0.15) is 8.78 Å². The Kier molecular flexibility index (Phi) is 7.74. The van der Waals surface area contributed by atoms with Gasteiger partial charge in [-0.25, -0.2) is 0 Å². The molecule has 0 radical (unpaired) electrons. The van der Waals surface area contributed by atoms with Crippen molar-refractivity contribution in [2.75, 3.05) is 18.5 Å². The number of anilines is 1. The molecule has 0 aliphatic carbocycles. The molecular weight excluding hydrogens is 370 g/mol.